The fourth-order valence-electron chi connectivity index (χ4n) is 0.798. The molecular weight excluding hydrogens is 143 g/mol. The SMILES string of the molecule is Cc1cc(C(C)(C)F)cnn1. The minimum absolute atomic E-state index is 0.574. The third-order valence-electron chi connectivity index (χ3n) is 1.46. The van der Waals surface area contributed by atoms with Crippen LogP contribution in [-0.4, -0.2) is 10.2 Å². The van der Waals surface area contributed by atoms with Crippen LogP contribution < -0.4 is 0 Å². The Bertz CT molecular complexity index is 253. The van der Waals surface area contributed by atoms with E-state index in [0.29, 0.717) is 5.56 Å². The van der Waals surface area contributed by atoms with E-state index in [9.17, 15) is 4.39 Å². The van der Waals surface area contributed by atoms with Crippen molar-refractivity contribution in [3.63, 3.8) is 0 Å². The van der Waals surface area contributed by atoms with E-state index in [2.05, 4.69) is 10.2 Å². The van der Waals surface area contributed by atoms with Crippen LogP contribution in [-0.2, 0) is 5.67 Å². The van der Waals surface area contributed by atoms with Gasteiger partial charge in [-0.2, -0.15) is 10.2 Å². The topological polar surface area (TPSA) is 25.8 Å². The molecule has 0 aliphatic heterocycles. The summed E-state index contributed by atoms with van der Waals surface area (Å²) in [5.41, 5.74) is -0.000949. The molecule has 0 amide bonds. The molecule has 1 rings (SSSR count). The summed E-state index contributed by atoms with van der Waals surface area (Å²) >= 11 is 0. The quantitative estimate of drug-likeness (QED) is 0.618. The molecule has 0 aliphatic rings. The van der Waals surface area contributed by atoms with Gasteiger partial charge in [0.05, 0.1) is 11.9 Å². The molecule has 1 aromatic heterocycles. The molecule has 0 bridgehead atoms. The van der Waals surface area contributed by atoms with Gasteiger partial charge in [-0.15, -0.1) is 0 Å². The minimum atomic E-state index is -1.32. The van der Waals surface area contributed by atoms with Gasteiger partial charge in [0.15, 0.2) is 0 Å². The van der Waals surface area contributed by atoms with Crippen LogP contribution in [0, 0.1) is 6.92 Å². The first-order valence-corrected chi connectivity index (χ1v) is 3.49. The second-order valence-electron chi connectivity index (χ2n) is 3.06. The maximum atomic E-state index is 13.2. The zero-order chi connectivity index (χ0) is 8.48. The summed E-state index contributed by atoms with van der Waals surface area (Å²) in [6.45, 7) is 4.80. The van der Waals surface area contributed by atoms with Crippen LogP contribution in [0.2, 0.25) is 0 Å². The second-order valence-corrected chi connectivity index (χ2v) is 3.06. The number of aryl methyl sites for hydroxylation is 1. The number of hydrogen-bond acceptors (Lipinski definition) is 2. The molecule has 1 aromatic rings. The van der Waals surface area contributed by atoms with Crippen molar-refractivity contribution in [2.75, 3.05) is 0 Å². The van der Waals surface area contributed by atoms with Gasteiger partial charge in [-0.05, 0) is 26.8 Å². The number of rotatable bonds is 1. The van der Waals surface area contributed by atoms with Crippen molar-refractivity contribution in [3.05, 3.63) is 23.5 Å². The van der Waals surface area contributed by atoms with Crippen LogP contribution in [0.4, 0.5) is 4.39 Å². The lowest BCUT2D eigenvalue weighted by molar-refractivity contribution is 0.220. The largest absolute Gasteiger partial charge is 0.239 e. The van der Waals surface area contributed by atoms with E-state index in [1.54, 1.807) is 13.0 Å². The number of alkyl halides is 1. The molecule has 0 spiro atoms. The normalized spacial score (nSPS) is 11.6. The molecule has 11 heavy (non-hydrogen) atoms. The standard InChI is InChI=1S/C8H11FN2/c1-6-4-7(5-10-11-6)8(2,3)9/h4-5H,1-3H3. The number of hydrogen-bond donors (Lipinski definition) is 0. The Labute approximate surface area is 65.5 Å². The highest BCUT2D eigenvalue weighted by Crippen LogP contribution is 2.23. The van der Waals surface area contributed by atoms with Gasteiger partial charge in [-0.1, -0.05) is 0 Å². The van der Waals surface area contributed by atoms with E-state index in [-0.39, 0.29) is 0 Å². The second kappa shape index (κ2) is 2.57. The molecule has 0 atom stereocenters. The molecule has 2 nitrogen and oxygen atoms in total. The molecular formula is C8H11FN2. The van der Waals surface area contributed by atoms with Crippen molar-refractivity contribution in [3.8, 4) is 0 Å². The zero-order valence-electron chi connectivity index (χ0n) is 6.93. The highest BCUT2D eigenvalue weighted by molar-refractivity contribution is 5.17. The van der Waals surface area contributed by atoms with Gasteiger partial charge in [-0.3, -0.25) is 0 Å². The number of nitrogens with zero attached hydrogens (tertiary/aromatic N) is 2. The third kappa shape index (κ3) is 1.97. The van der Waals surface area contributed by atoms with Crippen LogP contribution >= 0.6 is 0 Å². The van der Waals surface area contributed by atoms with Gasteiger partial charge in [-0.25, -0.2) is 4.39 Å². The first-order valence-electron chi connectivity index (χ1n) is 3.49. The highest BCUT2D eigenvalue weighted by Gasteiger charge is 2.18. The predicted octanol–water partition coefficient (Wildman–Crippen LogP) is 1.99. The van der Waals surface area contributed by atoms with Crippen LogP contribution in [0.25, 0.3) is 0 Å². The summed E-state index contributed by atoms with van der Waals surface area (Å²) in [5, 5.41) is 7.40. The lowest BCUT2D eigenvalue weighted by atomic mass is 10.0. The van der Waals surface area contributed by atoms with Gasteiger partial charge >= 0.3 is 0 Å². The Morgan fingerprint density at radius 3 is 2.45 bits per heavy atom. The fraction of sp³-hybridized carbons (Fsp3) is 0.500. The van der Waals surface area contributed by atoms with Crippen LogP contribution in [0.3, 0.4) is 0 Å². The maximum Gasteiger partial charge on any atom is 0.132 e. The van der Waals surface area contributed by atoms with Crippen molar-refractivity contribution in [1.82, 2.24) is 10.2 Å². The van der Waals surface area contributed by atoms with Crippen LogP contribution in [0.15, 0.2) is 12.3 Å². The summed E-state index contributed by atoms with van der Waals surface area (Å²) in [4.78, 5) is 0. The molecule has 0 aliphatic carbocycles. The molecule has 1 heterocycles. The first-order chi connectivity index (χ1) is 5.00. The van der Waals surface area contributed by atoms with E-state index in [1.807, 2.05) is 0 Å². The Balaban J connectivity index is 3.06. The summed E-state index contributed by atoms with van der Waals surface area (Å²) < 4.78 is 13.2. The van der Waals surface area contributed by atoms with Gasteiger partial charge in [0, 0.05) is 5.56 Å². The molecule has 0 saturated heterocycles. The fourth-order valence-corrected chi connectivity index (χ4v) is 0.798. The Kier molecular flexibility index (Phi) is 1.89. The molecule has 60 valence electrons. The molecule has 0 N–H and O–H groups in total. The van der Waals surface area contributed by atoms with Gasteiger partial charge < -0.3 is 0 Å². The molecule has 0 saturated carbocycles. The van der Waals surface area contributed by atoms with Gasteiger partial charge in [0.2, 0.25) is 0 Å². The number of aromatic nitrogens is 2. The van der Waals surface area contributed by atoms with Crippen LogP contribution in [0.5, 0.6) is 0 Å². The predicted molar refractivity (Wildman–Crippen MR) is 40.9 cm³/mol. The summed E-state index contributed by atoms with van der Waals surface area (Å²) in [6, 6.07) is 1.70. The Morgan fingerprint density at radius 2 is 2.09 bits per heavy atom. The van der Waals surface area contributed by atoms with Crippen molar-refractivity contribution >= 4 is 0 Å². The lowest BCUT2D eigenvalue weighted by Gasteiger charge is -2.13. The maximum absolute atomic E-state index is 13.2. The highest BCUT2D eigenvalue weighted by atomic mass is 19.1. The monoisotopic (exact) mass is 154 g/mol. The molecule has 0 unspecified atom stereocenters. The van der Waals surface area contributed by atoms with Crippen molar-refractivity contribution in [2.45, 2.75) is 26.4 Å². The van der Waals surface area contributed by atoms with E-state index < -0.39 is 5.67 Å². The van der Waals surface area contributed by atoms with E-state index in [1.165, 1.54) is 20.0 Å². The number of halogens is 1. The average Bonchev–Trinajstić information content (AvgIpc) is 1.86. The lowest BCUT2D eigenvalue weighted by Crippen LogP contribution is -2.10. The Morgan fingerprint density at radius 1 is 1.45 bits per heavy atom. The molecule has 3 heteroatoms. The summed E-state index contributed by atoms with van der Waals surface area (Å²) in [6.07, 6.45) is 1.45. The van der Waals surface area contributed by atoms with Crippen LogP contribution in [0.1, 0.15) is 25.1 Å². The van der Waals surface area contributed by atoms with Crippen molar-refractivity contribution in [1.29, 1.82) is 0 Å². The summed E-state index contributed by atoms with van der Waals surface area (Å²) in [7, 11) is 0. The third-order valence-corrected chi connectivity index (χ3v) is 1.46. The molecule has 0 aromatic carbocycles. The zero-order valence-corrected chi connectivity index (χ0v) is 6.93. The van der Waals surface area contributed by atoms with E-state index >= 15 is 0 Å². The first kappa shape index (κ1) is 8.11. The average molecular weight is 154 g/mol. The van der Waals surface area contributed by atoms with Crippen molar-refractivity contribution < 1.29 is 4.39 Å². The molecule has 0 fully saturated rings. The Hall–Kier alpha value is -0.990. The van der Waals surface area contributed by atoms with Gasteiger partial charge in [0.1, 0.15) is 5.67 Å². The smallest absolute Gasteiger partial charge is 0.132 e. The van der Waals surface area contributed by atoms with E-state index in [4.69, 9.17) is 0 Å². The minimum Gasteiger partial charge on any atom is -0.239 e. The van der Waals surface area contributed by atoms with Crippen molar-refractivity contribution in [2.24, 2.45) is 0 Å². The summed E-state index contributed by atoms with van der Waals surface area (Å²) in [5.74, 6) is 0. The van der Waals surface area contributed by atoms with Gasteiger partial charge in [0.25, 0.3) is 0 Å². The van der Waals surface area contributed by atoms with E-state index in [0.717, 1.165) is 5.69 Å². The molecule has 0 radical (unpaired) electrons.